The van der Waals surface area contributed by atoms with Crippen LogP contribution in [0.2, 0.25) is 0 Å². The molecule has 1 atom stereocenters. The SMILES string of the molecule is CCC(C)C(=O)OCCOCCOCCOCCOCCOCCOCCO. The molecule has 0 aliphatic rings. The van der Waals surface area contributed by atoms with Crippen LogP contribution in [0.4, 0.5) is 0 Å². The molecule has 0 amide bonds. The van der Waals surface area contributed by atoms with Crippen LogP contribution in [-0.2, 0) is 38.0 Å². The Hall–Kier alpha value is -0.810. The van der Waals surface area contributed by atoms with Crippen molar-refractivity contribution in [1.29, 1.82) is 0 Å². The second kappa shape index (κ2) is 22.5. The van der Waals surface area contributed by atoms with E-state index < -0.39 is 0 Å². The second-order valence-corrected chi connectivity index (χ2v) is 5.87. The molecule has 0 aliphatic heterocycles. The molecule has 168 valence electrons. The molecule has 0 aromatic rings. The Bertz CT molecular complexity index is 329. The predicted molar refractivity (Wildman–Crippen MR) is 102 cm³/mol. The van der Waals surface area contributed by atoms with Crippen molar-refractivity contribution in [2.24, 2.45) is 5.92 Å². The Balaban J connectivity index is 3.08. The van der Waals surface area contributed by atoms with Gasteiger partial charge >= 0.3 is 5.97 Å². The summed E-state index contributed by atoms with van der Waals surface area (Å²) in [7, 11) is 0. The molecular weight excluding hydrogens is 372 g/mol. The Labute approximate surface area is 168 Å². The predicted octanol–water partition coefficient (Wildman–Crippen LogP) is 0.668. The minimum Gasteiger partial charge on any atom is -0.463 e. The van der Waals surface area contributed by atoms with Crippen LogP contribution in [0.3, 0.4) is 0 Å². The van der Waals surface area contributed by atoms with E-state index >= 15 is 0 Å². The first-order valence-corrected chi connectivity index (χ1v) is 9.96. The van der Waals surface area contributed by atoms with Gasteiger partial charge in [0, 0.05) is 0 Å². The van der Waals surface area contributed by atoms with Crippen molar-refractivity contribution in [1.82, 2.24) is 0 Å². The average Bonchev–Trinajstić information content (AvgIpc) is 2.71. The molecule has 0 fully saturated rings. The third-order valence-electron chi connectivity index (χ3n) is 3.58. The Kier molecular flexibility index (Phi) is 21.8. The Morgan fingerprint density at radius 3 is 1.29 bits per heavy atom. The van der Waals surface area contributed by atoms with Gasteiger partial charge in [-0.25, -0.2) is 0 Å². The first kappa shape index (κ1) is 27.2. The van der Waals surface area contributed by atoms with Crippen molar-refractivity contribution in [2.45, 2.75) is 20.3 Å². The van der Waals surface area contributed by atoms with E-state index in [-0.39, 0.29) is 25.1 Å². The highest BCUT2D eigenvalue weighted by atomic mass is 16.6. The zero-order chi connectivity index (χ0) is 20.7. The van der Waals surface area contributed by atoms with Crippen LogP contribution in [0.1, 0.15) is 20.3 Å². The van der Waals surface area contributed by atoms with E-state index in [1.807, 2.05) is 13.8 Å². The summed E-state index contributed by atoms with van der Waals surface area (Å²) in [6.45, 7) is 9.69. The van der Waals surface area contributed by atoms with Gasteiger partial charge in [-0.15, -0.1) is 0 Å². The lowest BCUT2D eigenvalue weighted by molar-refractivity contribution is -0.149. The third kappa shape index (κ3) is 19.9. The second-order valence-electron chi connectivity index (χ2n) is 5.87. The maximum atomic E-state index is 11.4. The largest absolute Gasteiger partial charge is 0.463 e. The van der Waals surface area contributed by atoms with E-state index in [0.717, 1.165) is 6.42 Å². The molecule has 9 nitrogen and oxygen atoms in total. The van der Waals surface area contributed by atoms with Gasteiger partial charge in [-0.1, -0.05) is 13.8 Å². The summed E-state index contributed by atoms with van der Waals surface area (Å²) in [5.74, 6) is -0.246. The number of aliphatic hydroxyl groups excluding tert-OH is 1. The molecule has 0 radical (unpaired) electrons. The summed E-state index contributed by atoms with van der Waals surface area (Å²) in [5.41, 5.74) is 0. The topological polar surface area (TPSA) is 102 Å². The lowest BCUT2D eigenvalue weighted by Gasteiger charge is -2.10. The number of rotatable bonds is 22. The van der Waals surface area contributed by atoms with E-state index in [9.17, 15) is 4.79 Å². The zero-order valence-electron chi connectivity index (χ0n) is 17.4. The van der Waals surface area contributed by atoms with Crippen molar-refractivity contribution in [3.63, 3.8) is 0 Å². The van der Waals surface area contributed by atoms with Gasteiger partial charge in [-0.2, -0.15) is 0 Å². The van der Waals surface area contributed by atoms with Crippen LogP contribution in [0, 0.1) is 5.92 Å². The minimum absolute atomic E-state index is 0.0270. The molecule has 1 unspecified atom stereocenters. The lowest BCUT2D eigenvalue weighted by Crippen LogP contribution is -2.18. The van der Waals surface area contributed by atoms with E-state index in [1.54, 1.807) is 0 Å². The molecular formula is C19H38O9. The van der Waals surface area contributed by atoms with Gasteiger partial charge in [0.25, 0.3) is 0 Å². The van der Waals surface area contributed by atoms with Gasteiger partial charge in [0.05, 0.1) is 91.8 Å². The number of hydrogen-bond donors (Lipinski definition) is 1. The van der Waals surface area contributed by atoms with Crippen LogP contribution in [-0.4, -0.2) is 104 Å². The molecule has 0 bridgehead atoms. The number of hydrogen-bond acceptors (Lipinski definition) is 9. The fraction of sp³-hybridized carbons (Fsp3) is 0.947. The highest BCUT2D eigenvalue weighted by molar-refractivity contribution is 5.71. The summed E-state index contributed by atoms with van der Waals surface area (Å²) in [6, 6.07) is 0. The fourth-order valence-corrected chi connectivity index (χ4v) is 1.78. The number of esters is 1. The quantitative estimate of drug-likeness (QED) is 0.204. The van der Waals surface area contributed by atoms with Crippen molar-refractivity contribution in [3.05, 3.63) is 0 Å². The molecule has 9 heteroatoms. The van der Waals surface area contributed by atoms with Gasteiger partial charge in [-0.3, -0.25) is 4.79 Å². The van der Waals surface area contributed by atoms with Crippen LogP contribution in [0.5, 0.6) is 0 Å². The average molecular weight is 411 g/mol. The molecule has 0 saturated heterocycles. The molecule has 1 N–H and O–H groups in total. The van der Waals surface area contributed by atoms with Crippen molar-refractivity contribution in [3.8, 4) is 0 Å². The number of carbonyl (C=O) groups is 1. The van der Waals surface area contributed by atoms with Gasteiger partial charge in [0.1, 0.15) is 6.61 Å². The number of carbonyl (C=O) groups excluding carboxylic acids is 1. The summed E-state index contributed by atoms with van der Waals surface area (Å²) in [4.78, 5) is 11.4. The van der Waals surface area contributed by atoms with Crippen LogP contribution >= 0.6 is 0 Å². The Morgan fingerprint density at radius 2 is 0.964 bits per heavy atom. The Morgan fingerprint density at radius 1 is 0.643 bits per heavy atom. The van der Waals surface area contributed by atoms with Crippen molar-refractivity contribution < 1.29 is 43.1 Å². The van der Waals surface area contributed by atoms with Gasteiger partial charge in [0.15, 0.2) is 0 Å². The molecule has 0 rings (SSSR count). The fourth-order valence-electron chi connectivity index (χ4n) is 1.78. The summed E-state index contributed by atoms with van der Waals surface area (Å²) >= 11 is 0. The first-order valence-electron chi connectivity index (χ1n) is 9.96. The standard InChI is InChI=1S/C19H38O9/c1-3-18(2)19(21)28-17-16-27-15-14-26-13-12-25-11-10-24-9-8-23-7-6-22-5-4-20/h18,20H,3-17H2,1-2H3. The normalized spacial score (nSPS) is 12.2. The lowest BCUT2D eigenvalue weighted by atomic mass is 10.1. The first-order chi connectivity index (χ1) is 13.7. The van der Waals surface area contributed by atoms with Gasteiger partial charge in [0.2, 0.25) is 0 Å². The van der Waals surface area contributed by atoms with E-state index in [0.29, 0.717) is 79.3 Å². The molecule has 0 aromatic heterocycles. The van der Waals surface area contributed by atoms with Crippen LogP contribution < -0.4 is 0 Å². The summed E-state index contributed by atoms with van der Waals surface area (Å²) in [5, 5.41) is 8.52. The van der Waals surface area contributed by atoms with E-state index in [1.165, 1.54) is 0 Å². The molecule has 0 saturated carbocycles. The maximum Gasteiger partial charge on any atom is 0.308 e. The van der Waals surface area contributed by atoms with E-state index in [4.69, 9.17) is 38.3 Å². The molecule has 0 aromatic carbocycles. The molecule has 0 aliphatic carbocycles. The monoisotopic (exact) mass is 410 g/mol. The van der Waals surface area contributed by atoms with Gasteiger partial charge in [-0.05, 0) is 6.42 Å². The van der Waals surface area contributed by atoms with Crippen LogP contribution in [0.15, 0.2) is 0 Å². The van der Waals surface area contributed by atoms with Crippen molar-refractivity contribution >= 4 is 5.97 Å². The highest BCUT2D eigenvalue weighted by Crippen LogP contribution is 2.02. The van der Waals surface area contributed by atoms with Crippen molar-refractivity contribution in [2.75, 3.05) is 92.5 Å². The molecule has 28 heavy (non-hydrogen) atoms. The number of aliphatic hydroxyl groups is 1. The maximum absolute atomic E-state index is 11.4. The summed E-state index contributed by atoms with van der Waals surface area (Å²) in [6.07, 6.45) is 0.777. The molecule has 0 spiro atoms. The van der Waals surface area contributed by atoms with Gasteiger partial charge < -0.3 is 38.3 Å². The smallest absolute Gasteiger partial charge is 0.308 e. The molecule has 0 heterocycles. The van der Waals surface area contributed by atoms with Crippen LogP contribution in [0.25, 0.3) is 0 Å². The zero-order valence-corrected chi connectivity index (χ0v) is 17.4. The minimum atomic E-state index is -0.181. The van der Waals surface area contributed by atoms with E-state index in [2.05, 4.69) is 0 Å². The highest BCUT2D eigenvalue weighted by Gasteiger charge is 2.10. The number of ether oxygens (including phenoxy) is 7. The summed E-state index contributed by atoms with van der Waals surface area (Å²) < 4.78 is 36.8. The third-order valence-corrected chi connectivity index (χ3v) is 3.58.